The van der Waals surface area contributed by atoms with Gasteiger partial charge >= 0.3 is 6.03 Å². The quantitative estimate of drug-likeness (QED) is 0.612. The molecule has 3 N–H and O–H groups in total. The maximum Gasteiger partial charge on any atom is 0.312 e. The van der Waals surface area contributed by atoms with Crippen molar-refractivity contribution in [3.63, 3.8) is 0 Å². The Labute approximate surface area is 88.6 Å². The first-order valence-corrected chi connectivity index (χ1v) is 6.77. The molecule has 0 spiro atoms. The van der Waals surface area contributed by atoms with E-state index in [0.717, 1.165) is 11.5 Å². The SMILES string of the molecule is CCCSCCSCCNC(N)=O. The Kier molecular flexibility index (Phi) is 10.0. The lowest BCUT2D eigenvalue weighted by molar-refractivity contribution is 0.249. The van der Waals surface area contributed by atoms with Gasteiger partial charge < -0.3 is 11.1 Å². The molecule has 0 saturated heterocycles. The van der Waals surface area contributed by atoms with Crippen molar-refractivity contribution in [3.05, 3.63) is 0 Å². The molecular formula is C8H18N2OS2. The molecule has 0 aliphatic rings. The molecule has 0 aromatic heterocycles. The monoisotopic (exact) mass is 222 g/mol. The summed E-state index contributed by atoms with van der Waals surface area (Å²) in [6.07, 6.45) is 1.25. The summed E-state index contributed by atoms with van der Waals surface area (Å²) >= 11 is 3.84. The third kappa shape index (κ3) is 12.0. The number of nitrogens with two attached hydrogens (primary N) is 1. The molecule has 0 fully saturated rings. The summed E-state index contributed by atoms with van der Waals surface area (Å²) in [6.45, 7) is 2.87. The standard InChI is InChI=1S/C8H18N2OS2/c1-2-4-12-6-7-13-5-3-10-8(9)11/h2-7H2,1H3,(H3,9,10,11). The summed E-state index contributed by atoms with van der Waals surface area (Å²) in [7, 11) is 0. The van der Waals surface area contributed by atoms with Gasteiger partial charge in [0.15, 0.2) is 0 Å². The third-order valence-corrected chi connectivity index (χ3v) is 3.70. The average Bonchev–Trinajstić information content (AvgIpc) is 2.09. The van der Waals surface area contributed by atoms with Crippen molar-refractivity contribution in [1.82, 2.24) is 5.32 Å². The van der Waals surface area contributed by atoms with E-state index < -0.39 is 6.03 Å². The summed E-state index contributed by atoms with van der Waals surface area (Å²) in [6, 6.07) is -0.430. The van der Waals surface area contributed by atoms with Crippen molar-refractivity contribution >= 4 is 29.6 Å². The van der Waals surface area contributed by atoms with Crippen LogP contribution in [0.1, 0.15) is 13.3 Å². The van der Waals surface area contributed by atoms with E-state index in [4.69, 9.17) is 5.73 Å². The number of hydrogen-bond acceptors (Lipinski definition) is 3. The number of amides is 2. The average molecular weight is 222 g/mol. The number of nitrogens with one attached hydrogen (secondary N) is 1. The molecule has 0 aliphatic carbocycles. The summed E-state index contributed by atoms with van der Waals surface area (Å²) in [4.78, 5) is 10.3. The minimum Gasteiger partial charge on any atom is -0.352 e. The zero-order valence-corrected chi connectivity index (χ0v) is 9.68. The van der Waals surface area contributed by atoms with Crippen LogP contribution < -0.4 is 11.1 Å². The van der Waals surface area contributed by atoms with Gasteiger partial charge in [0.05, 0.1) is 0 Å². The van der Waals surface area contributed by atoms with Gasteiger partial charge in [0.25, 0.3) is 0 Å². The molecule has 2 amide bonds. The van der Waals surface area contributed by atoms with Crippen LogP contribution in [-0.4, -0.2) is 35.6 Å². The van der Waals surface area contributed by atoms with Gasteiger partial charge in [-0.15, -0.1) is 0 Å². The Balaban J connectivity index is 2.87. The van der Waals surface area contributed by atoms with Crippen LogP contribution in [0.25, 0.3) is 0 Å². The maximum atomic E-state index is 10.3. The lowest BCUT2D eigenvalue weighted by Gasteiger charge is -2.01. The molecule has 0 saturated carbocycles. The molecule has 5 heteroatoms. The van der Waals surface area contributed by atoms with E-state index in [2.05, 4.69) is 12.2 Å². The Hall–Kier alpha value is -0.0300. The molecule has 0 heterocycles. The minimum atomic E-state index is -0.430. The van der Waals surface area contributed by atoms with Gasteiger partial charge in [-0.25, -0.2) is 4.79 Å². The van der Waals surface area contributed by atoms with Gasteiger partial charge in [-0.05, 0) is 12.2 Å². The normalized spacial score (nSPS) is 9.92. The Bertz CT molecular complexity index is 133. The van der Waals surface area contributed by atoms with Crippen LogP contribution in [0.2, 0.25) is 0 Å². The highest BCUT2D eigenvalue weighted by molar-refractivity contribution is 8.02. The number of hydrogen-bond donors (Lipinski definition) is 2. The second-order valence-electron chi connectivity index (χ2n) is 2.52. The smallest absolute Gasteiger partial charge is 0.312 e. The van der Waals surface area contributed by atoms with Crippen LogP contribution in [0.15, 0.2) is 0 Å². The van der Waals surface area contributed by atoms with Gasteiger partial charge in [0.1, 0.15) is 0 Å². The highest BCUT2D eigenvalue weighted by Gasteiger charge is 1.92. The lowest BCUT2D eigenvalue weighted by Crippen LogP contribution is -2.31. The second-order valence-corrected chi connectivity index (χ2v) is 4.97. The van der Waals surface area contributed by atoms with Crippen LogP contribution in [0, 0.1) is 0 Å². The molecule has 0 unspecified atom stereocenters. The fourth-order valence-electron chi connectivity index (χ4n) is 0.713. The zero-order valence-electron chi connectivity index (χ0n) is 8.04. The van der Waals surface area contributed by atoms with Gasteiger partial charge in [-0.2, -0.15) is 23.5 Å². The van der Waals surface area contributed by atoms with Crippen LogP contribution >= 0.6 is 23.5 Å². The van der Waals surface area contributed by atoms with Gasteiger partial charge in [-0.3, -0.25) is 0 Å². The zero-order chi connectivity index (χ0) is 9.94. The van der Waals surface area contributed by atoms with Crippen molar-refractivity contribution in [1.29, 1.82) is 0 Å². The first-order valence-electron chi connectivity index (χ1n) is 4.46. The first-order chi connectivity index (χ1) is 6.27. The van der Waals surface area contributed by atoms with Crippen molar-refractivity contribution in [2.24, 2.45) is 5.73 Å². The molecule has 0 aromatic rings. The fourth-order valence-corrected chi connectivity index (χ4v) is 2.60. The first kappa shape index (κ1) is 13.0. The molecule has 0 aliphatic heterocycles. The number of urea groups is 1. The molecule has 0 bridgehead atoms. The van der Waals surface area contributed by atoms with Crippen molar-refractivity contribution in [3.8, 4) is 0 Å². The summed E-state index contributed by atoms with van der Waals surface area (Å²) in [5.74, 6) is 4.57. The van der Waals surface area contributed by atoms with Crippen molar-refractivity contribution in [2.75, 3.05) is 29.6 Å². The lowest BCUT2D eigenvalue weighted by atomic mass is 10.6. The van der Waals surface area contributed by atoms with Crippen molar-refractivity contribution < 1.29 is 4.79 Å². The predicted molar refractivity (Wildman–Crippen MR) is 62.5 cm³/mol. The van der Waals surface area contributed by atoms with E-state index in [-0.39, 0.29) is 0 Å². The number of carbonyl (C=O) groups is 1. The fraction of sp³-hybridized carbons (Fsp3) is 0.875. The summed E-state index contributed by atoms with van der Waals surface area (Å²) in [5, 5.41) is 2.56. The maximum absolute atomic E-state index is 10.3. The van der Waals surface area contributed by atoms with Crippen LogP contribution in [0.3, 0.4) is 0 Å². The molecule has 0 aromatic carbocycles. The van der Waals surface area contributed by atoms with E-state index in [9.17, 15) is 4.79 Å². The number of thioether (sulfide) groups is 2. The Morgan fingerprint density at radius 2 is 1.85 bits per heavy atom. The van der Waals surface area contributed by atoms with E-state index in [0.29, 0.717) is 6.54 Å². The topological polar surface area (TPSA) is 55.1 Å². The number of carbonyl (C=O) groups excluding carboxylic acids is 1. The van der Waals surface area contributed by atoms with E-state index in [1.807, 2.05) is 23.5 Å². The minimum absolute atomic E-state index is 0.430. The highest BCUT2D eigenvalue weighted by atomic mass is 32.2. The molecule has 13 heavy (non-hydrogen) atoms. The Morgan fingerprint density at radius 3 is 2.38 bits per heavy atom. The van der Waals surface area contributed by atoms with Gasteiger partial charge in [-0.1, -0.05) is 6.92 Å². The van der Waals surface area contributed by atoms with Crippen LogP contribution in [0.4, 0.5) is 4.79 Å². The van der Waals surface area contributed by atoms with Gasteiger partial charge in [0, 0.05) is 23.8 Å². The summed E-state index contributed by atoms with van der Waals surface area (Å²) in [5.41, 5.74) is 4.91. The molecule has 78 valence electrons. The molecular weight excluding hydrogens is 204 g/mol. The number of rotatable bonds is 8. The molecule has 0 radical (unpaired) electrons. The predicted octanol–water partition coefficient (Wildman–Crippen LogP) is 1.53. The Morgan fingerprint density at radius 1 is 1.23 bits per heavy atom. The largest absolute Gasteiger partial charge is 0.352 e. The van der Waals surface area contributed by atoms with E-state index >= 15 is 0 Å². The molecule has 0 rings (SSSR count). The summed E-state index contributed by atoms with van der Waals surface area (Å²) < 4.78 is 0. The highest BCUT2D eigenvalue weighted by Crippen LogP contribution is 2.06. The molecule has 0 atom stereocenters. The third-order valence-electron chi connectivity index (χ3n) is 1.27. The van der Waals surface area contributed by atoms with Crippen LogP contribution in [-0.2, 0) is 0 Å². The van der Waals surface area contributed by atoms with Gasteiger partial charge in [0.2, 0.25) is 0 Å². The van der Waals surface area contributed by atoms with E-state index in [1.165, 1.54) is 17.9 Å². The number of primary amides is 1. The van der Waals surface area contributed by atoms with Crippen molar-refractivity contribution in [2.45, 2.75) is 13.3 Å². The molecule has 3 nitrogen and oxygen atoms in total. The van der Waals surface area contributed by atoms with Crippen LogP contribution in [0.5, 0.6) is 0 Å². The van der Waals surface area contributed by atoms with E-state index in [1.54, 1.807) is 0 Å². The second kappa shape index (κ2) is 10.1.